The summed E-state index contributed by atoms with van der Waals surface area (Å²) >= 11 is 1.17. The number of amides is 1. The number of carbonyl (C=O) groups excluding carboxylic acids is 1. The standard InChI is InChI=1S/C20H19FN2O4S2/c1-13-3-6-15(7-4-13)29(25,26)10-9-19(24)23-20-22-17(12-28-20)14-5-8-18(27-2)16(21)11-14/h3-8,11-12H,9-10H2,1-2H3,(H,22,23,24). The summed E-state index contributed by atoms with van der Waals surface area (Å²) in [5, 5.41) is 4.58. The van der Waals surface area contributed by atoms with E-state index in [9.17, 15) is 17.6 Å². The van der Waals surface area contributed by atoms with Gasteiger partial charge in [-0.15, -0.1) is 11.3 Å². The number of anilines is 1. The van der Waals surface area contributed by atoms with E-state index in [0.29, 0.717) is 16.4 Å². The molecule has 6 nitrogen and oxygen atoms in total. The molecule has 1 N–H and O–H groups in total. The van der Waals surface area contributed by atoms with E-state index >= 15 is 0 Å². The molecule has 1 heterocycles. The van der Waals surface area contributed by atoms with Gasteiger partial charge < -0.3 is 10.1 Å². The van der Waals surface area contributed by atoms with Gasteiger partial charge in [0.15, 0.2) is 26.5 Å². The van der Waals surface area contributed by atoms with Crippen molar-refractivity contribution in [3.8, 4) is 17.0 Å². The third kappa shape index (κ3) is 5.18. The van der Waals surface area contributed by atoms with Crippen LogP contribution in [0.15, 0.2) is 52.7 Å². The van der Waals surface area contributed by atoms with Gasteiger partial charge in [0, 0.05) is 17.4 Å². The zero-order valence-electron chi connectivity index (χ0n) is 15.8. The zero-order valence-corrected chi connectivity index (χ0v) is 17.4. The fourth-order valence-corrected chi connectivity index (χ4v) is 4.54. The van der Waals surface area contributed by atoms with Gasteiger partial charge in [0.1, 0.15) is 0 Å². The summed E-state index contributed by atoms with van der Waals surface area (Å²) in [5.74, 6) is -1.14. The summed E-state index contributed by atoms with van der Waals surface area (Å²) in [7, 11) is -2.16. The molecule has 1 aromatic heterocycles. The van der Waals surface area contributed by atoms with Crippen molar-refractivity contribution < 1.29 is 22.3 Å². The molecule has 0 aliphatic carbocycles. The Balaban J connectivity index is 1.61. The van der Waals surface area contributed by atoms with Gasteiger partial charge in [-0.2, -0.15) is 0 Å². The van der Waals surface area contributed by atoms with Crippen LogP contribution in [-0.4, -0.2) is 32.2 Å². The van der Waals surface area contributed by atoms with Crippen LogP contribution in [0.25, 0.3) is 11.3 Å². The minimum atomic E-state index is -3.54. The molecule has 0 spiro atoms. The molecule has 9 heteroatoms. The molecule has 0 saturated heterocycles. The van der Waals surface area contributed by atoms with Gasteiger partial charge in [-0.05, 0) is 37.3 Å². The second-order valence-corrected chi connectivity index (χ2v) is 9.28. The van der Waals surface area contributed by atoms with Crippen LogP contribution in [0.5, 0.6) is 5.75 Å². The van der Waals surface area contributed by atoms with Crippen molar-refractivity contribution in [3.05, 3.63) is 59.2 Å². The van der Waals surface area contributed by atoms with E-state index < -0.39 is 21.6 Å². The van der Waals surface area contributed by atoms with Crippen LogP contribution in [-0.2, 0) is 14.6 Å². The number of halogens is 1. The van der Waals surface area contributed by atoms with E-state index in [1.54, 1.807) is 23.6 Å². The Kier molecular flexibility index (Phi) is 6.29. The highest BCUT2D eigenvalue weighted by atomic mass is 32.2. The molecule has 3 aromatic rings. The monoisotopic (exact) mass is 434 g/mol. The fraction of sp³-hybridized carbons (Fsp3) is 0.200. The Bertz CT molecular complexity index is 1130. The average Bonchev–Trinajstić information content (AvgIpc) is 3.15. The molecule has 0 saturated carbocycles. The molecular formula is C20H19FN2O4S2. The summed E-state index contributed by atoms with van der Waals surface area (Å²) in [6, 6.07) is 11.0. The Labute approximate surface area is 172 Å². The number of hydrogen-bond donors (Lipinski definition) is 1. The summed E-state index contributed by atoms with van der Waals surface area (Å²) < 4.78 is 43.4. The lowest BCUT2D eigenvalue weighted by molar-refractivity contribution is -0.115. The molecule has 2 aromatic carbocycles. The van der Waals surface area contributed by atoms with E-state index in [-0.39, 0.29) is 22.8 Å². The average molecular weight is 435 g/mol. The number of nitrogens with one attached hydrogen (secondary N) is 1. The summed E-state index contributed by atoms with van der Waals surface area (Å²) in [5.41, 5.74) is 2.00. The number of carbonyl (C=O) groups is 1. The van der Waals surface area contributed by atoms with Gasteiger partial charge in [0.05, 0.1) is 23.5 Å². The first-order chi connectivity index (χ1) is 13.8. The molecule has 0 fully saturated rings. The maximum absolute atomic E-state index is 13.9. The number of rotatable bonds is 7. The lowest BCUT2D eigenvalue weighted by Gasteiger charge is -2.05. The van der Waals surface area contributed by atoms with Crippen LogP contribution in [0.1, 0.15) is 12.0 Å². The first kappa shape index (κ1) is 20.9. The number of aromatic nitrogens is 1. The Hall–Kier alpha value is -2.78. The minimum Gasteiger partial charge on any atom is -0.494 e. The lowest BCUT2D eigenvalue weighted by atomic mass is 10.1. The van der Waals surface area contributed by atoms with Crippen molar-refractivity contribution >= 4 is 32.2 Å². The summed E-state index contributed by atoms with van der Waals surface area (Å²) in [6.45, 7) is 1.87. The number of nitrogens with zero attached hydrogens (tertiary/aromatic N) is 1. The number of aryl methyl sites for hydroxylation is 1. The Morgan fingerprint density at radius 2 is 1.93 bits per heavy atom. The zero-order chi connectivity index (χ0) is 21.0. The Morgan fingerprint density at radius 1 is 1.21 bits per heavy atom. The predicted octanol–water partition coefficient (Wildman–Crippen LogP) is 4.07. The molecule has 29 heavy (non-hydrogen) atoms. The molecule has 3 rings (SSSR count). The van der Waals surface area contributed by atoms with Crippen molar-refractivity contribution in [2.75, 3.05) is 18.2 Å². The normalized spacial score (nSPS) is 11.3. The second kappa shape index (κ2) is 8.71. The van der Waals surface area contributed by atoms with Crippen molar-refractivity contribution in [3.63, 3.8) is 0 Å². The quantitative estimate of drug-likeness (QED) is 0.606. The number of benzene rings is 2. The number of sulfone groups is 1. The maximum Gasteiger partial charge on any atom is 0.227 e. The van der Waals surface area contributed by atoms with Gasteiger partial charge in [-0.1, -0.05) is 17.7 Å². The van der Waals surface area contributed by atoms with Gasteiger partial charge in [-0.25, -0.2) is 17.8 Å². The first-order valence-corrected chi connectivity index (χ1v) is 11.2. The number of methoxy groups -OCH3 is 1. The van der Waals surface area contributed by atoms with Crippen LogP contribution in [0.2, 0.25) is 0 Å². The van der Waals surface area contributed by atoms with E-state index in [1.165, 1.54) is 42.7 Å². The van der Waals surface area contributed by atoms with E-state index in [1.807, 2.05) is 6.92 Å². The van der Waals surface area contributed by atoms with Gasteiger partial charge in [0.25, 0.3) is 0 Å². The van der Waals surface area contributed by atoms with Crippen LogP contribution >= 0.6 is 11.3 Å². The fourth-order valence-electron chi connectivity index (χ4n) is 2.56. The number of thiazole rings is 1. The predicted molar refractivity (Wildman–Crippen MR) is 111 cm³/mol. The minimum absolute atomic E-state index is 0.132. The van der Waals surface area contributed by atoms with Crippen molar-refractivity contribution in [1.82, 2.24) is 4.98 Å². The third-order valence-corrected chi connectivity index (χ3v) is 6.67. The highest BCUT2D eigenvalue weighted by Crippen LogP contribution is 2.28. The first-order valence-electron chi connectivity index (χ1n) is 8.67. The maximum atomic E-state index is 13.9. The van der Waals surface area contributed by atoms with Crippen molar-refractivity contribution in [2.45, 2.75) is 18.2 Å². The number of hydrogen-bond acceptors (Lipinski definition) is 6. The van der Waals surface area contributed by atoms with Crippen LogP contribution in [0.3, 0.4) is 0 Å². The Morgan fingerprint density at radius 3 is 2.59 bits per heavy atom. The highest BCUT2D eigenvalue weighted by molar-refractivity contribution is 7.91. The molecular weight excluding hydrogens is 415 g/mol. The molecule has 0 aliphatic rings. The molecule has 1 amide bonds. The molecule has 152 valence electrons. The highest BCUT2D eigenvalue weighted by Gasteiger charge is 2.17. The van der Waals surface area contributed by atoms with Gasteiger partial charge in [0.2, 0.25) is 5.91 Å². The van der Waals surface area contributed by atoms with E-state index in [4.69, 9.17) is 4.74 Å². The number of ether oxygens (including phenoxy) is 1. The smallest absolute Gasteiger partial charge is 0.227 e. The summed E-state index contributed by atoms with van der Waals surface area (Å²) in [4.78, 5) is 16.6. The lowest BCUT2D eigenvalue weighted by Crippen LogP contribution is -2.17. The SMILES string of the molecule is COc1ccc(-c2csc(NC(=O)CCS(=O)(=O)c3ccc(C)cc3)n2)cc1F. The molecule has 0 bridgehead atoms. The third-order valence-electron chi connectivity index (χ3n) is 4.18. The van der Waals surface area contributed by atoms with Crippen molar-refractivity contribution in [1.29, 1.82) is 0 Å². The molecule has 0 atom stereocenters. The van der Waals surface area contributed by atoms with Gasteiger partial charge in [-0.3, -0.25) is 4.79 Å². The van der Waals surface area contributed by atoms with Crippen LogP contribution in [0.4, 0.5) is 9.52 Å². The molecule has 0 unspecified atom stereocenters. The van der Waals surface area contributed by atoms with E-state index in [2.05, 4.69) is 10.3 Å². The summed E-state index contributed by atoms with van der Waals surface area (Å²) in [6.07, 6.45) is -0.192. The second-order valence-electron chi connectivity index (χ2n) is 6.32. The topological polar surface area (TPSA) is 85.4 Å². The van der Waals surface area contributed by atoms with Crippen LogP contribution < -0.4 is 10.1 Å². The van der Waals surface area contributed by atoms with Crippen molar-refractivity contribution in [2.24, 2.45) is 0 Å². The van der Waals surface area contributed by atoms with E-state index in [0.717, 1.165) is 5.56 Å². The largest absolute Gasteiger partial charge is 0.494 e. The van der Waals surface area contributed by atoms with Gasteiger partial charge >= 0.3 is 0 Å². The molecule has 0 aliphatic heterocycles. The molecule has 0 radical (unpaired) electrons. The van der Waals surface area contributed by atoms with Crippen LogP contribution in [0, 0.1) is 12.7 Å².